The Labute approximate surface area is 115 Å². The van der Waals surface area contributed by atoms with Gasteiger partial charge in [0, 0.05) is 6.42 Å². The molecule has 1 aliphatic heterocycles. The minimum Gasteiger partial charge on any atom is -0.490 e. The highest BCUT2D eigenvalue weighted by molar-refractivity contribution is 5.40. The molecule has 0 saturated heterocycles. The second-order valence-electron chi connectivity index (χ2n) is 7.13. The molecule has 0 bridgehead atoms. The molecule has 1 aromatic rings. The molecule has 0 spiro atoms. The number of rotatable bonds is 3. The summed E-state index contributed by atoms with van der Waals surface area (Å²) in [6, 6.07) is 6.55. The van der Waals surface area contributed by atoms with E-state index in [0.717, 1.165) is 37.0 Å². The van der Waals surface area contributed by atoms with Gasteiger partial charge in [0.05, 0.1) is 0 Å². The lowest BCUT2D eigenvalue weighted by Gasteiger charge is -2.31. The van der Waals surface area contributed by atoms with Gasteiger partial charge in [-0.15, -0.1) is 0 Å². The number of hydrogen-bond donors (Lipinski definition) is 1. The van der Waals surface area contributed by atoms with Crippen molar-refractivity contribution in [2.75, 3.05) is 6.54 Å². The lowest BCUT2D eigenvalue weighted by Crippen LogP contribution is -2.34. The Balaban J connectivity index is 1.47. The summed E-state index contributed by atoms with van der Waals surface area (Å²) in [5, 5.41) is 0. The number of hydrogen-bond acceptors (Lipinski definition) is 2. The standard InChI is InChI=1S/C17H23NO/c1-11-2-3-16-12(4-11)6-15(19-16)9-17(10-18)7-13-5-14(13)8-17/h2-4,13-15H,5-10,18H2,1H3. The van der Waals surface area contributed by atoms with Crippen molar-refractivity contribution < 1.29 is 4.74 Å². The van der Waals surface area contributed by atoms with Crippen molar-refractivity contribution >= 4 is 0 Å². The van der Waals surface area contributed by atoms with E-state index in [1.54, 1.807) is 0 Å². The van der Waals surface area contributed by atoms with Crippen molar-refractivity contribution in [1.29, 1.82) is 0 Å². The zero-order valence-corrected chi connectivity index (χ0v) is 11.7. The van der Waals surface area contributed by atoms with Gasteiger partial charge in [0.15, 0.2) is 0 Å². The molecule has 0 radical (unpaired) electrons. The molecule has 102 valence electrons. The van der Waals surface area contributed by atoms with Crippen molar-refractivity contribution in [3.63, 3.8) is 0 Å². The Morgan fingerprint density at radius 2 is 2.11 bits per heavy atom. The van der Waals surface area contributed by atoms with E-state index < -0.39 is 0 Å². The quantitative estimate of drug-likeness (QED) is 0.903. The molecule has 2 nitrogen and oxygen atoms in total. The van der Waals surface area contributed by atoms with Crippen LogP contribution < -0.4 is 10.5 Å². The maximum atomic E-state index is 6.15. The van der Waals surface area contributed by atoms with Crippen LogP contribution in [0.15, 0.2) is 18.2 Å². The van der Waals surface area contributed by atoms with Crippen LogP contribution in [0.2, 0.25) is 0 Å². The fraction of sp³-hybridized carbons (Fsp3) is 0.647. The molecule has 0 aromatic heterocycles. The smallest absolute Gasteiger partial charge is 0.123 e. The number of nitrogens with two attached hydrogens (primary N) is 1. The fourth-order valence-corrected chi connectivity index (χ4v) is 4.47. The fourth-order valence-electron chi connectivity index (χ4n) is 4.47. The first-order valence-corrected chi connectivity index (χ1v) is 7.64. The summed E-state index contributed by atoms with van der Waals surface area (Å²) >= 11 is 0. The molecular formula is C17H23NO. The van der Waals surface area contributed by atoms with E-state index in [4.69, 9.17) is 10.5 Å². The SMILES string of the molecule is Cc1ccc2c(c1)CC(CC1(CN)CC3CC3C1)O2. The molecule has 3 aliphatic rings. The van der Waals surface area contributed by atoms with E-state index in [0.29, 0.717) is 11.5 Å². The lowest BCUT2D eigenvalue weighted by molar-refractivity contribution is 0.132. The van der Waals surface area contributed by atoms with E-state index in [2.05, 4.69) is 25.1 Å². The number of ether oxygens (including phenoxy) is 1. The zero-order valence-electron chi connectivity index (χ0n) is 11.7. The zero-order chi connectivity index (χ0) is 13.0. The van der Waals surface area contributed by atoms with Gasteiger partial charge >= 0.3 is 0 Å². The lowest BCUT2D eigenvalue weighted by atomic mass is 9.77. The van der Waals surface area contributed by atoms with Crippen molar-refractivity contribution in [3.05, 3.63) is 29.3 Å². The Morgan fingerprint density at radius 1 is 1.32 bits per heavy atom. The monoisotopic (exact) mass is 257 g/mol. The maximum Gasteiger partial charge on any atom is 0.123 e. The van der Waals surface area contributed by atoms with Crippen molar-refractivity contribution in [2.45, 2.75) is 45.1 Å². The molecule has 2 heteroatoms. The Morgan fingerprint density at radius 3 is 2.84 bits per heavy atom. The summed E-state index contributed by atoms with van der Waals surface area (Å²) in [5.41, 5.74) is 9.21. The van der Waals surface area contributed by atoms with Gasteiger partial charge < -0.3 is 10.5 Å². The summed E-state index contributed by atoms with van der Waals surface area (Å²) in [5.74, 6) is 3.09. The third kappa shape index (κ3) is 1.97. The number of fused-ring (bicyclic) bond motifs is 2. The van der Waals surface area contributed by atoms with E-state index in [1.807, 2.05) is 0 Å². The first kappa shape index (κ1) is 11.8. The van der Waals surface area contributed by atoms with Gasteiger partial charge in [0.2, 0.25) is 0 Å². The Kier molecular flexibility index (Phi) is 2.47. The summed E-state index contributed by atoms with van der Waals surface area (Å²) in [7, 11) is 0. The second-order valence-corrected chi connectivity index (χ2v) is 7.13. The molecule has 3 unspecified atom stereocenters. The van der Waals surface area contributed by atoms with Crippen molar-refractivity contribution in [3.8, 4) is 5.75 Å². The summed E-state index contributed by atoms with van der Waals surface area (Å²) in [6.45, 7) is 2.99. The van der Waals surface area contributed by atoms with Crippen LogP contribution in [0.25, 0.3) is 0 Å². The maximum absolute atomic E-state index is 6.15. The van der Waals surface area contributed by atoms with E-state index >= 15 is 0 Å². The molecule has 19 heavy (non-hydrogen) atoms. The predicted molar refractivity (Wildman–Crippen MR) is 76.2 cm³/mol. The van der Waals surface area contributed by atoms with Crippen LogP contribution in [0.5, 0.6) is 5.75 Å². The first-order chi connectivity index (χ1) is 9.17. The highest BCUT2D eigenvalue weighted by Gasteiger charge is 2.53. The van der Waals surface area contributed by atoms with E-state index in [9.17, 15) is 0 Å². The van der Waals surface area contributed by atoms with Crippen LogP contribution in [-0.4, -0.2) is 12.6 Å². The highest BCUT2D eigenvalue weighted by atomic mass is 16.5. The van der Waals surface area contributed by atoms with Crippen LogP contribution in [0, 0.1) is 24.2 Å². The summed E-state index contributed by atoms with van der Waals surface area (Å²) < 4.78 is 6.15. The Hall–Kier alpha value is -1.02. The highest BCUT2D eigenvalue weighted by Crippen LogP contribution is 2.61. The van der Waals surface area contributed by atoms with E-state index in [-0.39, 0.29) is 0 Å². The molecule has 2 aliphatic carbocycles. The predicted octanol–water partition coefficient (Wildman–Crippen LogP) is 3.06. The van der Waals surface area contributed by atoms with Crippen molar-refractivity contribution in [2.24, 2.45) is 23.0 Å². The minimum absolute atomic E-state index is 0.359. The molecule has 1 aromatic carbocycles. The summed E-state index contributed by atoms with van der Waals surface area (Å²) in [6.07, 6.45) is 6.76. The molecule has 4 rings (SSSR count). The second kappa shape index (κ2) is 3.99. The van der Waals surface area contributed by atoms with Gasteiger partial charge in [-0.05, 0) is 68.0 Å². The van der Waals surface area contributed by atoms with Gasteiger partial charge in [-0.3, -0.25) is 0 Å². The third-order valence-electron chi connectivity index (χ3n) is 5.51. The van der Waals surface area contributed by atoms with E-state index in [1.165, 1.54) is 30.4 Å². The number of aryl methyl sites for hydroxylation is 1. The summed E-state index contributed by atoms with van der Waals surface area (Å²) in [4.78, 5) is 0. The van der Waals surface area contributed by atoms with Gasteiger partial charge in [0.25, 0.3) is 0 Å². The molecular weight excluding hydrogens is 234 g/mol. The topological polar surface area (TPSA) is 35.2 Å². The van der Waals surface area contributed by atoms with Crippen LogP contribution >= 0.6 is 0 Å². The molecule has 3 atom stereocenters. The van der Waals surface area contributed by atoms with Gasteiger partial charge in [0.1, 0.15) is 11.9 Å². The molecule has 1 heterocycles. The largest absolute Gasteiger partial charge is 0.490 e. The average Bonchev–Trinajstić information content (AvgIpc) is 2.84. The Bertz CT molecular complexity index is 500. The van der Waals surface area contributed by atoms with Crippen LogP contribution in [0.1, 0.15) is 36.8 Å². The molecule has 2 saturated carbocycles. The molecule has 0 amide bonds. The van der Waals surface area contributed by atoms with Crippen molar-refractivity contribution in [1.82, 2.24) is 0 Å². The van der Waals surface area contributed by atoms with Gasteiger partial charge in [-0.2, -0.15) is 0 Å². The normalized spacial score (nSPS) is 38.7. The number of benzene rings is 1. The molecule has 2 fully saturated rings. The van der Waals surface area contributed by atoms with Crippen LogP contribution in [0.3, 0.4) is 0 Å². The van der Waals surface area contributed by atoms with Crippen LogP contribution in [0.4, 0.5) is 0 Å². The van der Waals surface area contributed by atoms with Gasteiger partial charge in [-0.25, -0.2) is 0 Å². The van der Waals surface area contributed by atoms with Crippen LogP contribution in [-0.2, 0) is 6.42 Å². The molecule has 2 N–H and O–H groups in total. The minimum atomic E-state index is 0.359. The third-order valence-corrected chi connectivity index (χ3v) is 5.51. The first-order valence-electron chi connectivity index (χ1n) is 7.64. The van der Waals surface area contributed by atoms with Gasteiger partial charge in [-0.1, -0.05) is 17.7 Å². The average molecular weight is 257 g/mol.